The molecule has 0 aromatic carbocycles. The molecule has 1 rings (SSSR count). The molecule has 1 atom stereocenters. The van der Waals surface area contributed by atoms with Gasteiger partial charge in [0.15, 0.2) is 0 Å². The van der Waals surface area contributed by atoms with Gasteiger partial charge >= 0.3 is 0 Å². The van der Waals surface area contributed by atoms with E-state index in [0.717, 1.165) is 18.9 Å². The van der Waals surface area contributed by atoms with Crippen LogP contribution in [-0.2, 0) is 0 Å². The van der Waals surface area contributed by atoms with Gasteiger partial charge in [-0.05, 0) is 38.6 Å². The summed E-state index contributed by atoms with van der Waals surface area (Å²) in [6.45, 7) is 3.20. The Balaban J connectivity index is 1.97. The minimum atomic E-state index is 0.322. The van der Waals surface area contributed by atoms with Crippen molar-refractivity contribution in [3.05, 3.63) is 0 Å². The topological polar surface area (TPSA) is 70.6 Å². The minimum Gasteiger partial charge on any atom is -0.409 e. The maximum absolute atomic E-state index is 8.32. The molecule has 1 fully saturated rings. The van der Waals surface area contributed by atoms with Gasteiger partial charge < -0.3 is 16.3 Å². The van der Waals surface area contributed by atoms with E-state index in [1.54, 1.807) is 0 Å². The zero-order valence-electron chi connectivity index (χ0n) is 8.87. The SMILES string of the molecule is CC(NCCCC(N)=NO)C1CCC1. The summed E-state index contributed by atoms with van der Waals surface area (Å²) >= 11 is 0. The van der Waals surface area contributed by atoms with E-state index in [-0.39, 0.29) is 0 Å². The Morgan fingerprint density at radius 2 is 2.36 bits per heavy atom. The Labute approximate surface area is 85.6 Å². The van der Waals surface area contributed by atoms with Gasteiger partial charge in [-0.2, -0.15) is 0 Å². The average Bonchev–Trinajstić information content (AvgIpc) is 2.09. The summed E-state index contributed by atoms with van der Waals surface area (Å²) in [7, 11) is 0. The third-order valence-electron chi connectivity index (χ3n) is 3.06. The van der Waals surface area contributed by atoms with Crippen LogP contribution in [0, 0.1) is 5.92 Å². The first kappa shape index (κ1) is 11.3. The first-order chi connectivity index (χ1) is 6.74. The average molecular weight is 199 g/mol. The molecule has 0 amide bonds. The Morgan fingerprint density at radius 1 is 1.64 bits per heavy atom. The first-order valence-electron chi connectivity index (χ1n) is 5.44. The van der Waals surface area contributed by atoms with Gasteiger partial charge in [-0.25, -0.2) is 0 Å². The van der Waals surface area contributed by atoms with Crippen molar-refractivity contribution in [3.63, 3.8) is 0 Å². The molecule has 0 radical (unpaired) electrons. The standard InChI is InChI=1S/C10H21N3O/c1-8(9-4-2-5-9)12-7-3-6-10(11)13-14/h8-9,12,14H,2-7H2,1H3,(H2,11,13). The van der Waals surface area contributed by atoms with E-state index in [0.29, 0.717) is 18.3 Å². The number of hydrogen-bond acceptors (Lipinski definition) is 3. The number of oxime groups is 1. The summed E-state index contributed by atoms with van der Waals surface area (Å²) in [5.74, 6) is 1.20. The van der Waals surface area contributed by atoms with Crippen LogP contribution in [-0.4, -0.2) is 23.6 Å². The van der Waals surface area contributed by atoms with E-state index >= 15 is 0 Å². The van der Waals surface area contributed by atoms with Crippen molar-refractivity contribution in [2.75, 3.05) is 6.54 Å². The van der Waals surface area contributed by atoms with E-state index in [1.165, 1.54) is 19.3 Å². The van der Waals surface area contributed by atoms with E-state index in [4.69, 9.17) is 10.9 Å². The summed E-state index contributed by atoms with van der Waals surface area (Å²) in [6.07, 6.45) is 5.73. The maximum atomic E-state index is 8.32. The van der Waals surface area contributed by atoms with Crippen molar-refractivity contribution < 1.29 is 5.21 Å². The van der Waals surface area contributed by atoms with Crippen molar-refractivity contribution in [2.45, 2.75) is 45.1 Å². The fourth-order valence-electron chi connectivity index (χ4n) is 1.76. The molecule has 0 saturated heterocycles. The number of rotatable bonds is 6. The van der Waals surface area contributed by atoms with Crippen LogP contribution in [0.5, 0.6) is 0 Å². The Morgan fingerprint density at radius 3 is 2.86 bits per heavy atom. The minimum absolute atomic E-state index is 0.322. The number of nitrogens with two attached hydrogens (primary N) is 1. The lowest BCUT2D eigenvalue weighted by Gasteiger charge is -2.32. The maximum Gasteiger partial charge on any atom is 0.139 e. The summed E-state index contributed by atoms with van der Waals surface area (Å²) in [5.41, 5.74) is 5.36. The lowest BCUT2D eigenvalue weighted by atomic mass is 9.80. The van der Waals surface area contributed by atoms with Crippen molar-refractivity contribution in [2.24, 2.45) is 16.8 Å². The number of hydrogen-bond donors (Lipinski definition) is 3. The molecule has 14 heavy (non-hydrogen) atoms. The fraction of sp³-hybridized carbons (Fsp3) is 0.900. The first-order valence-corrected chi connectivity index (χ1v) is 5.44. The van der Waals surface area contributed by atoms with Gasteiger partial charge in [0.25, 0.3) is 0 Å². The van der Waals surface area contributed by atoms with Crippen LogP contribution in [0.15, 0.2) is 5.16 Å². The van der Waals surface area contributed by atoms with E-state index < -0.39 is 0 Å². The molecule has 0 aromatic rings. The summed E-state index contributed by atoms with van der Waals surface area (Å²) in [4.78, 5) is 0. The van der Waals surface area contributed by atoms with Gasteiger partial charge in [-0.15, -0.1) is 0 Å². The van der Waals surface area contributed by atoms with Gasteiger partial charge in [0, 0.05) is 12.5 Å². The number of amidine groups is 1. The highest BCUT2D eigenvalue weighted by molar-refractivity contribution is 5.79. The monoisotopic (exact) mass is 199 g/mol. The van der Waals surface area contributed by atoms with E-state index in [1.807, 2.05) is 0 Å². The van der Waals surface area contributed by atoms with Gasteiger partial charge in [0.2, 0.25) is 0 Å². The van der Waals surface area contributed by atoms with Gasteiger partial charge in [0.1, 0.15) is 5.84 Å². The second kappa shape index (κ2) is 5.86. The number of nitrogens with zero attached hydrogens (tertiary/aromatic N) is 1. The molecule has 4 heteroatoms. The summed E-state index contributed by atoms with van der Waals surface area (Å²) in [5, 5.41) is 14.7. The quantitative estimate of drug-likeness (QED) is 0.198. The molecular weight excluding hydrogens is 178 g/mol. The molecule has 0 aromatic heterocycles. The molecule has 0 aliphatic heterocycles. The third-order valence-corrected chi connectivity index (χ3v) is 3.06. The fourth-order valence-corrected chi connectivity index (χ4v) is 1.76. The predicted molar refractivity (Wildman–Crippen MR) is 57.4 cm³/mol. The molecule has 0 spiro atoms. The smallest absolute Gasteiger partial charge is 0.139 e. The zero-order chi connectivity index (χ0) is 10.4. The van der Waals surface area contributed by atoms with Crippen LogP contribution in [0.4, 0.5) is 0 Å². The molecule has 4 nitrogen and oxygen atoms in total. The Hall–Kier alpha value is -0.770. The highest BCUT2D eigenvalue weighted by Crippen LogP contribution is 2.29. The highest BCUT2D eigenvalue weighted by atomic mass is 16.4. The molecule has 0 bridgehead atoms. The lowest BCUT2D eigenvalue weighted by Crippen LogP contribution is -2.37. The predicted octanol–water partition coefficient (Wildman–Crippen LogP) is 1.29. The summed E-state index contributed by atoms with van der Waals surface area (Å²) < 4.78 is 0. The van der Waals surface area contributed by atoms with Crippen LogP contribution >= 0.6 is 0 Å². The molecule has 1 unspecified atom stereocenters. The van der Waals surface area contributed by atoms with E-state index in [9.17, 15) is 0 Å². The van der Waals surface area contributed by atoms with Crippen molar-refractivity contribution in [1.82, 2.24) is 5.32 Å². The molecular formula is C10H21N3O. The van der Waals surface area contributed by atoms with Gasteiger partial charge in [0.05, 0.1) is 0 Å². The molecule has 1 aliphatic carbocycles. The van der Waals surface area contributed by atoms with Crippen molar-refractivity contribution in [3.8, 4) is 0 Å². The van der Waals surface area contributed by atoms with Crippen molar-refractivity contribution >= 4 is 5.84 Å². The Kier molecular flexibility index (Phi) is 4.73. The third kappa shape index (κ3) is 3.54. The second-order valence-corrected chi connectivity index (χ2v) is 4.13. The van der Waals surface area contributed by atoms with Crippen LogP contribution < -0.4 is 11.1 Å². The normalized spacial score (nSPS) is 20.5. The second-order valence-electron chi connectivity index (χ2n) is 4.13. The number of nitrogens with one attached hydrogen (secondary N) is 1. The van der Waals surface area contributed by atoms with Gasteiger partial charge in [-0.3, -0.25) is 0 Å². The Bertz CT molecular complexity index is 190. The largest absolute Gasteiger partial charge is 0.409 e. The zero-order valence-corrected chi connectivity index (χ0v) is 8.87. The van der Waals surface area contributed by atoms with E-state index in [2.05, 4.69) is 17.4 Å². The molecule has 82 valence electrons. The lowest BCUT2D eigenvalue weighted by molar-refractivity contribution is 0.241. The van der Waals surface area contributed by atoms with Crippen LogP contribution in [0.1, 0.15) is 39.0 Å². The molecule has 4 N–H and O–H groups in total. The van der Waals surface area contributed by atoms with Crippen molar-refractivity contribution in [1.29, 1.82) is 0 Å². The van der Waals surface area contributed by atoms with Crippen LogP contribution in [0.3, 0.4) is 0 Å². The van der Waals surface area contributed by atoms with Gasteiger partial charge in [-0.1, -0.05) is 11.6 Å². The molecule has 1 aliphatic rings. The van der Waals surface area contributed by atoms with Crippen LogP contribution in [0.25, 0.3) is 0 Å². The molecule has 0 heterocycles. The molecule has 1 saturated carbocycles. The highest BCUT2D eigenvalue weighted by Gasteiger charge is 2.22. The van der Waals surface area contributed by atoms with Crippen LogP contribution in [0.2, 0.25) is 0 Å². The summed E-state index contributed by atoms with van der Waals surface area (Å²) in [6, 6.07) is 0.621.